The number of nitrogen functional groups attached to an aromatic ring is 1. The van der Waals surface area contributed by atoms with E-state index >= 15 is 0 Å². The molecule has 8 heteroatoms. The van der Waals surface area contributed by atoms with Crippen LogP contribution in [0.1, 0.15) is 0 Å². The molecule has 5 nitrogen and oxygen atoms in total. The minimum atomic E-state index is -3.70. The first-order chi connectivity index (χ1) is 6.47. The lowest BCUT2D eigenvalue weighted by Crippen LogP contribution is -1.89. The largest absolute Gasteiger partial charge is 0.369 e. The molecule has 1 aromatic heterocycles. The Balaban J connectivity index is 0.00000112. The Morgan fingerprint density at radius 1 is 1.40 bits per heavy atom. The fraction of sp³-hybridized carbons (Fsp3) is 0. The molecule has 0 atom stereocenters. The summed E-state index contributed by atoms with van der Waals surface area (Å²) in [6.45, 7) is 0. The highest BCUT2D eigenvalue weighted by molar-refractivity contribution is 8.13. The zero-order valence-electron chi connectivity index (χ0n) is 7.27. The van der Waals surface area contributed by atoms with E-state index in [0.717, 1.165) is 0 Å². The second-order valence-corrected chi connectivity index (χ2v) is 5.30. The zero-order valence-corrected chi connectivity index (χ0v) is 9.66. The molecule has 0 fully saturated rings. The topological polar surface area (TPSA) is 88.8 Å². The number of benzene rings is 1. The summed E-state index contributed by atoms with van der Waals surface area (Å²) in [6, 6.07) is 4.31. The van der Waals surface area contributed by atoms with Crippen LogP contribution in [0.2, 0.25) is 0 Å². The molecular weight excluding hydrogens is 261 g/mol. The van der Waals surface area contributed by atoms with Crippen LogP contribution in [0.15, 0.2) is 23.1 Å². The highest BCUT2D eigenvalue weighted by Crippen LogP contribution is 2.20. The fourth-order valence-corrected chi connectivity index (χ4v) is 1.94. The Kier molecular flexibility index (Phi) is 3.13. The number of anilines is 1. The standard InChI is InChI=1S/C7H6ClN3O2S.ClH/c8-14(12,13)4-1-2-5-6(3-4)11-7(9)10-5;/h1-3H,(H3,9,10,11);1H. The lowest BCUT2D eigenvalue weighted by molar-refractivity contribution is 0.609. The monoisotopic (exact) mass is 267 g/mol. The van der Waals surface area contributed by atoms with Crippen LogP contribution in [0, 0.1) is 0 Å². The third-order valence-electron chi connectivity index (χ3n) is 1.75. The second kappa shape index (κ2) is 3.88. The fourth-order valence-electron chi connectivity index (χ4n) is 1.16. The van der Waals surface area contributed by atoms with E-state index in [1.807, 2.05) is 0 Å². The summed E-state index contributed by atoms with van der Waals surface area (Å²) in [7, 11) is 1.47. The number of aromatic amines is 1. The van der Waals surface area contributed by atoms with Crippen molar-refractivity contribution in [3.05, 3.63) is 18.2 Å². The van der Waals surface area contributed by atoms with Gasteiger partial charge >= 0.3 is 0 Å². The van der Waals surface area contributed by atoms with Gasteiger partial charge in [0, 0.05) is 10.7 Å². The van der Waals surface area contributed by atoms with E-state index < -0.39 is 9.05 Å². The first-order valence-corrected chi connectivity index (χ1v) is 5.98. The van der Waals surface area contributed by atoms with Gasteiger partial charge in [0.05, 0.1) is 15.9 Å². The first-order valence-electron chi connectivity index (χ1n) is 3.67. The SMILES string of the molecule is Cl.Nc1nc2ccc(S(=O)(=O)Cl)cc2[nH]1. The number of nitrogens with zero attached hydrogens (tertiary/aromatic N) is 1. The Morgan fingerprint density at radius 2 is 2.07 bits per heavy atom. The van der Waals surface area contributed by atoms with Gasteiger partial charge in [-0.15, -0.1) is 12.4 Å². The summed E-state index contributed by atoms with van der Waals surface area (Å²) in [4.78, 5) is 6.66. The zero-order chi connectivity index (χ0) is 10.3. The van der Waals surface area contributed by atoms with Crippen LogP contribution >= 0.6 is 23.1 Å². The van der Waals surface area contributed by atoms with E-state index in [1.54, 1.807) is 0 Å². The summed E-state index contributed by atoms with van der Waals surface area (Å²) in [5.41, 5.74) is 6.55. The number of halogens is 2. The van der Waals surface area contributed by atoms with Crippen molar-refractivity contribution in [2.24, 2.45) is 0 Å². The molecule has 0 bridgehead atoms. The van der Waals surface area contributed by atoms with Crippen molar-refractivity contribution >= 4 is 49.1 Å². The molecule has 1 aromatic carbocycles. The average molecular weight is 268 g/mol. The average Bonchev–Trinajstić information content (AvgIpc) is 2.41. The van der Waals surface area contributed by atoms with E-state index in [9.17, 15) is 8.42 Å². The number of nitrogens with one attached hydrogen (secondary N) is 1. The molecule has 2 aromatic rings. The first kappa shape index (κ1) is 12.1. The number of imidazole rings is 1. The molecule has 0 aliphatic rings. The molecule has 0 spiro atoms. The van der Waals surface area contributed by atoms with Crippen LogP contribution < -0.4 is 5.73 Å². The molecule has 0 aliphatic carbocycles. The number of aromatic nitrogens is 2. The molecular formula is C7H7Cl2N3O2S. The molecule has 82 valence electrons. The molecule has 0 saturated carbocycles. The van der Waals surface area contributed by atoms with Crippen LogP contribution in [0.3, 0.4) is 0 Å². The van der Waals surface area contributed by atoms with Gasteiger partial charge < -0.3 is 10.7 Å². The van der Waals surface area contributed by atoms with Crippen LogP contribution in [-0.4, -0.2) is 18.4 Å². The van der Waals surface area contributed by atoms with Crippen molar-refractivity contribution in [1.82, 2.24) is 9.97 Å². The van der Waals surface area contributed by atoms with E-state index in [4.69, 9.17) is 16.4 Å². The van der Waals surface area contributed by atoms with Crippen LogP contribution in [0.4, 0.5) is 5.95 Å². The van der Waals surface area contributed by atoms with Crippen LogP contribution in [-0.2, 0) is 9.05 Å². The number of nitrogens with two attached hydrogens (primary N) is 1. The Morgan fingerprint density at radius 3 is 2.67 bits per heavy atom. The predicted molar refractivity (Wildman–Crippen MR) is 60.8 cm³/mol. The molecule has 0 radical (unpaired) electrons. The van der Waals surface area contributed by atoms with Crippen molar-refractivity contribution in [2.75, 3.05) is 5.73 Å². The molecule has 0 aliphatic heterocycles. The summed E-state index contributed by atoms with van der Waals surface area (Å²) in [5, 5.41) is 0. The molecule has 15 heavy (non-hydrogen) atoms. The molecule has 3 N–H and O–H groups in total. The van der Waals surface area contributed by atoms with Crippen molar-refractivity contribution in [3.8, 4) is 0 Å². The van der Waals surface area contributed by atoms with Gasteiger partial charge in [-0.2, -0.15) is 0 Å². The smallest absolute Gasteiger partial charge is 0.261 e. The van der Waals surface area contributed by atoms with Crippen molar-refractivity contribution in [3.63, 3.8) is 0 Å². The lowest BCUT2D eigenvalue weighted by Gasteiger charge is -1.94. The summed E-state index contributed by atoms with van der Waals surface area (Å²) in [5.74, 6) is 0.240. The maximum atomic E-state index is 11.0. The number of fused-ring (bicyclic) bond motifs is 1. The molecule has 1 heterocycles. The van der Waals surface area contributed by atoms with Gasteiger partial charge in [0.25, 0.3) is 9.05 Å². The third kappa shape index (κ3) is 2.34. The second-order valence-electron chi connectivity index (χ2n) is 2.74. The quantitative estimate of drug-likeness (QED) is 0.767. The van der Waals surface area contributed by atoms with Crippen molar-refractivity contribution in [2.45, 2.75) is 4.90 Å². The molecule has 2 rings (SSSR count). The number of hydrogen-bond acceptors (Lipinski definition) is 4. The molecule has 0 saturated heterocycles. The highest BCUT2D eigenvalue weighted by atomic mass is 35.7. The van der Waals surface area contributed by atoms with Gasteiger partial charge in [0.1, 0.15) is 0 Å². The summed E-state index contributed by atoms with van der Waals surface area (Å²) in [6.07, 6.45) is 0. The van der Waals surface area contributed by atoms with Crippen molar-refractivity contribution < 1.29 is 8.42 Å². The van der Waals surface area contributed by atoms with Crippen LogP contribution in [0.25, 0.3) is 11.0 Å². The van der Waals surface area contributed by atoms with E-state index in [-0.39, 0.29) is 23.3 Å². The maximum absolute atomic E-state index is 11.0. The van der Waals surface area contributed by atoms with E-state index in [0.29, 0.717) is 11.0 Å². The summed E-state index contributed by atoms with van der Waals surface area (Å²) < 4.78 is 22.0. The highest BCUT2D eigenvalue weighted by Gasteiger charge is 2.11. The number of rotatable bonds is 1. The lowest BCUT2D eigenvalue weighted by atomic mass is 10.3. The molecule has 0 unspecified atom stereocenters. The number of hydrogen-bond donors (Lipinski definition) is 2. The Labute approximate surface area is 96.5 Å². The minimum absolute atomic E-state index is 0. The van der Waals surface area contributed by atoms with Crippen LogP contribution in [0.5, 0.6) is 0 Å². The Hall–Kier alpha value is -0.980. The van der Waals surface area contributed by atoms with Gasteiger partial charge in [0.2, 0.25) is 0 Å². The van der Waals surface area contributed by atoms with Gasteiger partial charge in [-0.05, 0) is 18.2 Å². The van der Waals surface area contributed by atoms with Crippen molar-refractivity contribution in [1.29, 1.82) is 0 Å². The predicted octanol–water partition coefficient (Wildman–Crippen LogP) is 1.49. The van der Waals surface area contributed by atoms with E-state index in [2.05, 4.69) is 9.97 Å². The Bertz CT molecular complexity index is 593. The van der Waals surface area contributed by atoms with Gasteiger partial charge in [-0.25, -0.2) is 13.4 Å². The molecule has 0 amide bonds. The van der Waals surface area contributed by atoms with Gasteiger partial charge in [-0.1, -0.05) is 0 Å². The number of H-pyrrole nitrogens is 1. The van der Waals surface area contributed by atoms with Gasteiger partial charge in [0.15, 0.2) is 5.95 Å². The minimum Gasteiger partial charge on any atom is -0.369 e. The maximum Gasteiger partial charge on any atom is 0.261 e. The summed E-state index contributed by atoms with van der Waals surface area (Å²) >= 11 is 0. The third-order valence-corrected chi connectivity index (χ3v) is 3.10. The normalized spacial score (nSPS) is 11.3. The van der Waals surface area contributed by atoms with Gasteiger partial charge in [-0.3, -0.25) is 0 Å². The van der Waals surface area contributed by atoms with E-state index in [1.165, 1.54) is 18.2 Å².